The van der Waals surface area contributed by atoms with Crippen LogP contribution in [-0.2, 0) is 5.41 Å². The number of hydrogen-bond acceptors (Lipinski definition) is 1. The fourth-order valence-corrected chi connectivity index (χ4v) is 9.19. The molecule has 244 valence electrons. The zero-order valence-electron chi connectivity index (χ0n) is 29.1. The van der Waals surface area contributed by atoms with Gasteiger partial charge in [-0.2, -0.15) is 0 Å². The third-order valence-corrected chi connectivity index (χ3v) is 11.7. The van der Waals surface area contributed by atoms with E-state index in [4.69, 9.17) is 4.42 Å². The second-order valence-electron chi connectivity index (χ2n) is 14.8. The standard InChI is InChI=1S/C51H34O/c1-51(2)44-29-27-32-12-3-4-13-35(32)49(44)42-28-26-34(30-45(42)51)31-22-24-33(25-23-31)47-37-15-5-7-17-39(37)48(40-18-8-6-16-38(40)47)43-20-11-19-41-36-14-9-10-21-46(36)52-50(41)43/h3-30H,1-2H3. The molecule has 10 aromatic rings. The average molecular weight is 663 g/mol. The number of furan rings is 1. The van der Waals surface area contributed by atoms with Crippen molar-refractivity contribution in [2.75, 3.05) is 0 Å². The molecule has 1 aliphatic carbocycles. The molecule has 1 heterocycles. The predicted molar refractivity (Wildman–Crippen MR) is 220 cm³/mol. The molecule has 0 radical (unpaired) electrons. The van der Waals surface area contributed by atoms with Crippen LogP contribution in [0, 0.1) is 0 Å². The van der Waals surface area contributed by atoms with Crippen molar-refractivity contribution in [3.63, 3.8) is 0 Å². The smallest absolute Gasteiger partial charge is 0.143 e. The maximum absolute atomic E-state index is 6.58. The van der Waals surface area contributed by atoms with Gasteiger partial charge in [0.05, 0.1) is 0 Å². The second-order valence-corrected chi connectivity index (χ2v) is 14.8. The minimum absolute atomic E-state index is 0.0725. The van der Waals surface area contributed by atoms with Crippen LogP contribution in [0.1, 0.15) is 25.0 Å². The van der Waals surface area contributed by atoms with Gasteiger partial charge < -0.3 is 4.42 Å². The average Bonchev–Trinajstić information content (AvgIpc) is 3.69. The molecule has 0 aliphatic heterocycles. The molecule has 0 amide bonds. The van der Waals surface area contributed by atoms with Gasteiger partial charge in [0.15, 0.2) is 0 Å². The van der Waals surface area contributed by atoms with Crippen LogP contribution in [0.2, 0.25) is 0 Å². The largest absolute Gasteiger partial charge is 0.455 e. The Morgan fingerprint density at radius 3 is 1.67 bits per heavy atom. The summed E-state index contributed by atoms with van der Waals surface area (Å²) in [6.07, 6.45) is 0. The van der Waals surface area contributed by atoms with Crippen LogP contribution in [0.15, 0.2) is 174 Å². The van der Waals surface area contributed by atoms with E-state index >= 15 is 0 Å². The molecular formula is C51H34O. The third-order valence-electron chi connectivity index (χ3n) is 11.7. The number of rotatable bonds is 3. The van der Waals surface area contributed by atoms with Crippen LogP contribution in [0.25, 0.3) is 98.8 Å². The van der Waals surface area contributed by atoms with Crippen molar-refractivity contribution in [2.24, 2.45) is 0 Å². The van der Waals surface area contributed by atoms with Crippen LogP contribution >= 0.6 is 0 Å². The van der Waals surface area contributed by atoms with Crippen molar-refractivity contribution in [1.29, 1.82) is 0 Å². The first kappa shape index (κ1) is 29.3. The van der Waals surface area contributed by atoms with Crippen molar-refractivity contribution in [2.45, 2.75) is 19.3 Å². The fraction of sp³-hybridized carbons (Fsp3) is 0.0588. The maximum atomic E-state index is 6.58. The van der Waals surface area contributed by atoms with Crippen LogP contribution in [0.3, 0.4) is 0 Å². The molecule has 1 nitrogen and oxygen atoms in total. The maximum Gasteiger partial charge on any atom is 0.143 e. The summed E-state index contributed by atoms with van der Waals surface area (Å²) in [5, 5.41) is 9.85. The van der Waals surface area contributed by atoms with Crippen LogP contribution in [0.5, 0.6) is 0 Å². The molecule has 0 spiro atoms. The second kappa shape index (κ2) is 10.8. The quantitative estimate of drug-likeness (QED) is 0.172. The first-order valence-corrected chi connectivity index (χ1v) is 18.2. The van der Waals surface area contributed by atoms with E-state index in [2.05, 4.69) is 178 Å². The SMILES string of the molecule is CC1(C)c2cc(-c3ccc(-c4c5ccccc5c(-c5cccc6c5oc5ccccc56)c5ccccc45)cc3)ccc2-c2c1ccc1ccccc21. The molecule has 1 aromatic heterocycles. The van der Waals surface area contributed by atoms with E-state index in [9.17, 15) is 0 Å². The summed E-state index contributed by atoms with van der Waals surface area (Å²) in [6.45, 7) is 4.74. The number of benzene rings is 9. The summed E-state index contributed by atoms with van der Waals surface area (Å²) >= 11 is 0. The number of fused-ring (bicyclic) bond motifs is 10. The van der Waals surface area contributed by atoms with Gasteiger partial charge in [0, 0.05) is 27.3 Å². The van der Waals surface area contributed by atoms with Crippen molar-refractivity contribution >= 4 is 54.3 Å². The van der Waals surface area contributed by atoms with E-state index in [1.54, 1.807) is 0 Å². The van der Waals surface area contributed by atoms with Gasteiger partial charge in [0.1, 0.15) is 11.2 Å². The van der Waals surface area contributed by atoms with E-state index in [0.29, 0.717) is 0 Å². The summed E-state index contributed by atoms with van der Waals surface area (Å²) < 4.78 is 6.58. The Morgan fingerprint density at radius 2 is 0.942 bits per heavy atom. The lowest BCUT2D eigenvalue weighted by Crippen LogP contribution is -2.15. The summed E-state index contributed by atoms with van der Waals surface area (Å²) in [6, 6.07) is 62.3. The minimum atomic E-state index is -0.0725. The van der Waals surface area contributed by atoms with Crippen molar-refractivity contribution in [1.82, 2.24) is 0 Å². The lowest BCUT2D eigenvalue weighted by atomic mass is 9.81. The number of hydrogen-bond donors (Lipinski definition) is 0. The normalized spacial score (nSPS) is 13.3. The molecule has 0 unspecified atom stereocenters. The van der Waals surface area contributed by atoms with Gasteiger partial charge in [0.2, 0.25) is 0 Å². The molecule has 9 aromatic carbocycles. The molecule has 0 bridgehead atoms. The van der Waals surface area contributed by atoms with E-state index in [1.807, 2.05) is 6.07 Å². The summed E-state index contributed by atoms with van der Waals surface area (Å²) in [5.41, 5.74) is 14.6. The first-order chi connectivity index (χ1) is 25.6. The molecule has 0 N–H and O–H groups in total. The molecule has 52 heavy (non-hydrogen) atoms. The molecule has 11 rings (SSSR count). The van der Waals surface area contributed by atoms with E-state index in [0.717, 1.165) is 27.5 Å². The zero-order chi connectivity index (χ0) is 34.6. The first-order valence-electron chi connectivity index (χ1n) is 18.2. The third kappa shape index (κ3) is 4.05. The number of para-hydroxylation sites is 2. The highest BCUT2D eigenvalue weighted by Crippen LogP contribution is 2.52. The Bertz CT molecular complexity index is 3030. The highest BCUT2D eigenvalue weighted by atomic mass is 16.3. The molecule has 1 heteroatoms. The molecular weight excluding hydrogens is 629 g/mol. The molecule has 0 fully saturated rings. The Labute approximate surface area is 302 Å². The van der Waals surface area contributed by atoms with Gasteiger partial charge in [-0.1, -0.05) is 172 Å². The lowest BCUT2D eigenvalue weighted by Gasteiger charge is -2.22. The zero-order valence-corrected chi connectivity index (χ0v) is 29.1. The van der Waals surface area contributed by atoms with Gasteiger partial charge >= 0.3 is 0 Å². The van der Waals surface area contributed by atoms with Crippen LogP contribution < -0.4 is 0 Å². The van der Waals surface area contributed by atoms with Gasteiger partial charge in [0.25, 0.3) is 0 Å². The topological polar surface area (TPSA) is 13.1 Å². The van der Waals surface area contributed by atoms with Gasteiger partial charge in [-0.05, 0) is 89.0 Å². The predicted octanol–water partition coefficient (Wildman–Crippen LogP) is 14.4. The van der Waals surface area contributed by atoms with Gasteiger partial charge in [-0.25, -0.2) is 0 Å². The van der Waals surface area contributed by atoms with Crippen molar-refractivity contribution in [3.05, 3.63) is 181 Å². The molecule has 1 aliphatic rings. The minimum Gasteiger partial charge on any atom is -0.455 e. The van der Waals surface area contributed by atoms with Gasteiger partial charge in [-0.3, -0.25) is 0 Å². The van der Waals surface area contributed by atoms with Crippen LogP contribution in [-0.4, -0.2) is 0 Å². The highest BCUT2D eigenvalue weighted by Gasteiger charge is 2.36. The molecule has 0 saturated heterocycles. The van der Waals surface area contributed by atoms with E-state index in [-0.39, 0.29) is 5.41 Å². The Kier molecular flexibility index (Phi) is 6.08. The summed E-state index contributed by atoms with van der Waals surface area (Å²) in [5.74, 6) is 0. The Morgan fingerprint density at radius 1 is 0.365 bits per heavy atom. The summed E-state index contributed by atoms with van der Waals surface area (Å²) in [4.78, 5) is 0. The fourth-order valence-electron chi connectivity index (χ4n) is 9.19. The molecule has 0 atom stereocenters. The van der Waals surface area contributed by atoms with E-state index in [1.165, 1.54) is 82.4 Å². The summed E-state index contributed by atoms with van der Waals surface area (Å²) in [7, 11) is 0. The molecule has 0 saturated carbocycles. The Hall–Kier alpha value is -6.44. The van der Waals surface area contributed by atoms with E-state index < -0.39 is 0 Å². The van der Waals surface area contributed by atoms with Crippen molar-refractivity contribution in [3.8, 4) is 44.5 Å². The monoisotopic (exact) mass is 662 g/mol. The van der Waals surface area contributed by atoms with Crippen LogP contribution in [0.4, 0.5) is 0 Å². The highest BCUT2D eigenvalue weighted by molar-refractivity contribution is 6.24. The Balaban J connectivity index is 1.07. The van der Waals surface area contributed by atoms with Crippen molar-refractivity contribution < 1.29 is 4.42 Å². The lowest BCUT2D eigenvalue weighted by molar-refractivity contribution is 0.661. The van der Waals surface area contributed by atoms with Gasteiger partial charge in [-0.15, -0.1) is 0 Å².